The standard InChI is InChI=1S/C67H55BN4S/c1-42-12-25-49(26-13-42)69(50-27-14-43(2)15-28-50)55-39-60-65-61(40-55)72(54-35-22-47(6)23-36-54)66-58(68(65)57-38-48(7)24-37-59(57)71(60)53-33-20-46(5)21-34-53)41-63-64(56-10-8-9-11-62(56)73-63)67(66)70(51-29-16-44(3)17-30-51)52-31-18-45(4)19-32-52/h8-41H,1-7H3. The van der Waals surface area contributed by atoms with Crippen molar-refractivity contribution in [2.45, 2.75) is 48.5 Å². The number of thiophene rings is 1. The molecule has 3 heterocycles. The number of anilines is 12. The lowest BCUT2D eigenvalue weighted by atomic mass is 9.33. The normalized spacial score (nSPS) is 12.5. The number of hydrogen-bond donors (Lipinski definition) is 0. The molecule has 0 aliphatic carbocycles. The van der Waals surface area contributed by atoms with Crippen molar-refractivity contribution in [2.75, 3.05) is 19.6 Å². The molecular formula is C67H55BN4S. The summed E-state index contributed by atoms with van der Waals surface area (Å²) in [6.07, 6.45) is 0. The Hall–Kier alpha value is -8.32. The first-order valence-corrected chi connectivity index (χ1v) is 26.2. The average molecular weight is 959 g/mol. The van der Waals surface area contributed by atoms with Crippen LogP contribution in [0.15, 0.2) is 206 Å². The Morgan fingerprint density at radius 2 is 0.795 bits per heavy atom. The monoisotopic (exact) mass is 958 g/mol. The molecule has 0 saturated heterocycles. The highest BCUT2D eigenvalue weighted by atomic mass is 32.1. The summed E-state index contributed by atoms with van der Waals surface area (Å²) in [6, 6.07) is 78.2. The summed E-state index contributed by atoms with van der Waals surface area (Å²) in [5.74, 6) is 0. The van der Waals surface area contributed by atoms with Gasteiger partial charge in [0.2, 0.25) is 0 Å². The van der Waals surface area contributed by atoms with Gasteiger partial charge >= 0.3 is 0 Å². The van der Waals surface area contributed by atoms with Crippen molar-refractivity contribution < 1.29 is 0 Å². The predicted octanol–water partition coefficient (Wildman–Crippen LogP) is 17.2. The largest absolute Gasteiger partial charge is 0.311 e. The van der Waals surface area contributed by atoms with Crippen molar-refractivity contribution in [3.63, 3.8) is 0 Å². The highest BCUT2D eigenvalue weighted by molar-refractivity contribution is 7.26. The van der Waals surface area contributed by atoms with Crippen LogP contribution in [0.4, 0.5) is 68.2 Å². The van der Waals surface area contributed by atoms with Crippen LogP contribution in [-0.4, -0.2) is 6.71 Å². The van der Waals surface area contributed by atoms with Crippen LogP contribution in [-0.2, 0) is 0 Å². The van der Waals surface area contributed by atoms with E-state index >= 15 is 0 Å². The first-order valence-electron chi connectivity index (χ1n) is 25.4. The number of fused-ring (bicyclic) bond motifs is 7. The topological polar surface area (TPSA) is 13.0 Å². The molecule has 0 radical (unpaired) electrons. The van der Waals surface area contributed by atoms with Crippen LogP contribution in [0.2, 0.25) is 0 Å². The zero-order valence-electron chi connectivity index (χ0n) is 42.4. The van der Waals surface area contributed by atoms with Gasteiger partial charge in [-0.1, -0.05) is 142 Å². The van der Waals surface area contributed by atoms with Crippen LogP contribution in [0.1, 0.15) is 38.9 Å². The van der Waals surface area contributed by atoms with Crippen LogP contribution >= 0.6 is 11.3 Å². The Balaban J connectivity index is 1.23. The molecule has 0 N–H and O–H groups in total. The van der Waals surface area contributed by atoms with Gasteiger partial charge in [-0.25, -0.2) is 0 Å². The van der Waals surface area contributed by atoms with Crippen LogP contribution < -0.4 is 36.0 Å². The maximum absolute atomic E-state index is 2.63. The van der Waals surface area contributed by atoms with Gasteiger partial charge < -0.3 is 19.6 Å². The Kier molecular flexibility index (Phi) is 10.7. The van der Waals surface area contributed by atoms with E-state index in [1.54, 1.807) is 0 Å². The fraction of sp³-hybridized carbons (Fsp3) is 0.104. The van der Waals surface area contributed by atoms with Gasteiger partial charge in [0, 0.05) is 71.4 Å². The molecule has 1 aromatic heterocycles. The Morgan fingerprint density at radius 3 is 1.32 bits per heavy atom. The molecule has 0 unspecified atom stereocenters. The molecule has 73 heavy (non-hydrogen) atoms. The molecule has 10 aromatic carbocycles. The van der Waals surface area contributed by atoms with E-state index in [4.69, 9.17) is 0 Å². The SMILES string of the molecule is Cc1ccc(N(c2ccc(C)cc2)c2cc3c4c(c2)N(c2ccc(C)cc2)c2c(cc5sc6ccccc6c5c2N(c2ccc(C)cc2)c2ccc(C)cc2)B4c2cc(C)ccc2N3c2ccc(C)cc2)cc1. The molecule has 0 fully saturated rings. The molecule has 0 saturated carbocycles. The van der Waals surface area contributed by atoms with Gasteiger partial charge in [0.1, 0.15) is 0 Å². The molecule has 2 aliphatic heterocycles. The van der Waals surface area contributed by atoms with Gasteiger partial charge in [-0.05, 0) is 168 Å². The Labute approximate surface area is 433 Å². The molecule has 6 heteroatoms. The summed E-state index contributed by atoms with van der Waals surface area (Å²) >= 11 is 1.90. The molecule has 352 valence electrons. The highest BCUT2D eigenvalue weighted by Gasteiger charge is 2.46. The van der Waals surface area contributed by atoms with E-state index in [1.807, 2.05) is 11.3 Å². The van der Waals surface area contributed by atoms with Crippen molar-refractivity contribution in [3.05, 3.63) is 245 Å². The fourth-order valence-corrected chi connectivity index (χ4v) is 12.5. The van der Waals surface area contributed by atoms with E-state index in [-0.39, 0.29) is 6.71 Å². The number of hydrogen-bond acceptors (Lipinski definition) is 5. The second kappa shape index (κ2) is 17.5. The third kappa shape index (κ3) is 7.51. The van der Waals surface area contributed by atoms with Gasteiger partial charge in [0.25, 0.3) is 6.71 Å². The molecule has 13 rings (SSSR count). The molecule has 0 spiro atoms. The minimum atomic E-state index is -0.120. The molecule has 0 atom stereocenters. The number of benzene rings is 10. The second-order valence-corrected chi connectivity index (χ2v) is 21.5. The molecule has 4 nitrogen and oxygen atoms in total. The molecule has 2 aliphatic rings. The van der Waals surface area contributed by atoms with Crippen LogP contribution in [0, 0.1) is 48.5 Å². The third-order valence-corrected chi connectivity index (χ3v) is 16.2. The lowest BCUT2D eigenvalue weighted by Gasteiger charge is -2.46. The summed E-state index contributed by atoms with van der Waals surface area (Å²) in [7, 11) is 0. The molecular weight excluding hydrogens is 904 g/mol. The number of rotatable bonds is 8. The average Bonchev–Trinajstić information content (AvgIpc) is 3.77. The van der Waals surface area contributed by atoms with Gasteiger partial charge in [-0.3, -0.25) is 0 Å². The minimum absolute atomic E-state index is 0.120. The summed E-state index contributed by atoms with van der Waals surface area (Å²) in [6.45, 7) is 15.2. The van der Waals surface area contributed by atoms with E-state index in [0.29, 0.717) is 0 Å². The summed E-state index contributed by atoms with van der Waals surface area (Å²) < 4.78 is 2.54. The minimum Gasteiger partial charge on any atom is -0.311 e. The summed E-state index contributed by atoms with van der Waals surface area (Å²) in [5.41, 5.74) is 26.0. The fourth-order valence-electron chi connectivity index (χ4n) is 11.4. The first kappa shape index (κ1) is 44.6. The van der Waals surface area contributed by atoms with Crippen LogP contribution in [0.5, 0.6) is 0 Å². The van der Waals surface area contributed by atoms with Crippen LogP contribution in [0.3, 0.4) is 0 Å². The smallest absolute Gasteiger partial charge is 0.252 e. The number of aryl methyl sites for hydroxylation is 7. The van der Waals surface area contributed by atoms with E-state index < -0.39 is 0 Å². The van der Waals surface area contributed by atoms with Gasteiger partial charge in [-0.2, -0.15) is 0 Å². The van der Waals surface area contributed by atoms with Crippen LogP contribution in [0.25, 0.3) is 20.2 Å². The Morgan fingerprint density at radius 1 is 0.356 bits per heavy atom. The van der Waals surface area contributed by atoms with Gasteiger partial charge in [0.15, 0.2) is 0 Å². The van der Waals surface area contributed by atoms with Crippen molar-refractivity contribution in [1.29, 1.82) is 0 Å². The zero-order chi connectivity index (χ0) is 49.6. The van der Waals surface area contributed by atoms with E-state index in [1.165, 1.54) is 92.6 Å². The summed E-state index contributed by atoms with van der Waals surface area (Å²) in [5, 5.41) is 2.50. The lowest BCUT2D eigenvalue weighted by Crippen LogP contribution is -2.61. The summed E-state index contributed by atoms with van der Waals surface area (Å²) in [4.78, 5) is 10.2. The van der Waals surface area contributed by atoms with Crippen molar-refractivity contribution in [3.8, 4) is 0 Å². The van der Waals surface area contributed by atoms with E-state index in [9.17, 15) is 0 Å². The molecule has 0 amide bonds. The lowest BCUT2D eigenvalue weighted by molar-refractivity contribution is 1.21. The van der Waals surface area contributed by atoms with Crippen molar-refractivity contribution >= 4 is 123 Å². The molecule has 11 aromatic rings. The van der Waals surface area contributed by atoms with Gasteiger partial charge in [0.05, 0.1) is 17.1 Å². The highest BCUT2D eigenvalue weighted by Crippen LogP contribution is 2.55. The zero-order valence-corrected chi connectivity index (χ0v) is 43.2. The predicted molar refractivity (Wildman–Crippen MR) is 316 cm³/mol. The van der Waals surface area contributed by atoms with E-state index in [2.05, 4.69) is 274 Å². The Bertz CT molecular complexity index is 3830. The van der Waals surface area contributed by atoms with E-state index in [0.717, 1.165) is 51.2 Å². The molecule has 0 bridgehead atoms. The second-order valence-electron chi connectivity index (χ2n) is 20.4. The van der Waals surface area contributed by atoms with Crippen molar-refractivity contribution in [2.24, 2.45) is 0 Å². The van der Waals surface area contributed by atoms with Crippen molar-refractivity contribution in [1.82, 2.24) is 0 Å². The maximum atomic E-state index is 2.63. The first-order chi connectivity index (χ1) is 35.6. The van der Waals surface area contributed by atoms with Gasteiger partial charge in [-0.15, -0.1) is 11.3 Å². The number of nitrogens with zero attached hydrogens (tertiary/aromatic N) is 4. The third-order valence-electron chi connectivity index (χ3n) is 15.0. The maximum Gasteiger partial charge on any atom is 0.252 e. The quantitative estimate of drug-likeness (QED) is 0.141.